The van der Waals surface area contributed by atoms with Gasteiger partial charge in [-0.2, -0.15) is 0 Å². The van der Waals surface area contributed by atoms with Crippen molar-refractivity contribution in [2.75, 3.05) is 7.05 Å². The third-order valence-corrected chi connectivity index (χ3v) is 2.31. The Hall–Kier alpha value is -1.22. The number of hydrogen-bond acceptors (Lipinski definition) is 3. The molecule has 0 heterocycles. The Bertz CT molecular complexity index is 308. The molecule has 1 aromatic carbocycles. The number of aromatic hydroxyl groups is 2. The van der Waals surface area contributed by atoms with Crippen LogP contribution in [0.15, 0.2) is 18.2 Å². The smallest absolute Gasteiger partial charge is 0.162 e. The van der Waals surface area contributed by atoms with Crippen LogP contribution in [0.4, 0.5) is 0 Å². The summed E-state index contributed by atoms with van der Waals surface area (Å²) < 4.78 is 0. The van der Waals surface area contributed by atoms with E-state index in [-0.39, 0.29) is 17.0 Å². The van der Waals surface area contributed by atoms with E-state index in [0.717, 1.165) is 0 Å². The zero-order valence-electron chi connectivity index (χ0n) is 8.13. The van der Waals surface area contributed by atoms with Gasteiger partial charge in [-0.25, -0.2) is 0 Å². The molecular formula is C10H15NO2. The van der Waals surface area contributed by atoms with Crippen molar-refractivity contribution in [3.8, 4) is 11.5 Å². The standard InChI is InChI=1S/C10H15NO2/c1-10(2,11-3)7-5-4-6-8(12)9(7)13/h4-6,11-13H,1-3H3. The molecule has 0 aliphatic carbocycles. The van der Waals surface area contributed by atoms with E-state index >= 15 is 0 Å². The molecule has 0 bridgehead atoms. The lowest BCUT2D eigenvalue weighted by Crippen LogP contribution is -2.33. The van der Waals surface area contributed by atoms with E-state index in [1.165, 1.54) is 6.07 Å². The van der Waals surface area contributed by atoms with Gasteiger partial charge >= 0.3 is 0 Å². The Morgan fingerprint density at radius 3 is 2.38 bits per heavy atom. The van der Waals surface area contributed by atoms with Crippen LogP contribution in [0.2, 0.25) is 0 Å². The van der Waals surface area contributed by atoms with Crippen molar-refractivity contribution in [1.82, 2.24) is 5.32 Å². The fourth-order valence-electron chi connectivity index (χ4n) is 1.17. The van der Waals surface area contributed by atoms with Crippen molar-refractivity contribution in [2.24, 2.45) is 0 Å². The highest BCUT2D eigenvalue weighted by Crippen LogP contribution is 2.34. The van der Waals surface area contributed by atoms with Crippen LogP contribution in [0.1, 0.15) is 19.4 Å². The summed E-state index contributed by atoms with van der Waals surface area (Å²) in [7, 11) is 1.81. The van der Waals surface area contributed by atoms with Gasteiger partial charge < -0.3 is 15.5 Å². The normalized spacial score (nSPS) is 11.6. The van der Waals surface area contributed by atoms with Crippen LogP contribution in [0.5, 0.6) is 11.5 Å². The number of phenolic OH excluding ortho intramolecular Hbond substituents is 2. The highest BCUT2D eigenvalue weighted by Gasteiger charge is 2.22. The molecule has 0 saturated carbocycles. The Morgan fingerprint density at radius 1 is 1.23 bits per heavy atom. The number of hydrogen-bond donors (Lipinski definition) is 3. The zero-order chi connectivity index (χ0) is 10.1. The predicted octanol–water partition coefficient (Wildman–Crippen LogP) is 1.55. The van der Waals surface area contributed by atoms with Crippen LogP contribution in [-0.2, 0) is 5.54 Å². The minimum Gasteiger partial charge on any atom is -0.504 e. The van der Waals surface area contributed by atoms with Crippen molar-refractivity contribution >= 4 is 0 Å². The third-order valence-electron chi connectivity index (χ3n) is 2.31. The molecular weight excluding hydrogens is 166 g/mol. The fraction of sp³-hybridized carbons (Fsp3) is 0.400. The molecule has 0 fully saturated rings. The lowest BCUT2D eigenvalue weighted by molar-refractivity contribution is 0.369. The highest BCUT2D eigenvalue weighted by molar-refractivity contribution is 5.47. The van der Waals surface area contributed by atoms with Gasteiger partial charge in [0, 0.05) is 11.1 Å². The van der Waals surface area contributed by atoms with Crippen LogP contribution >= 0.6 is 0 Å². The lowest BCUT2D eigenvalue weighted by Gasteiger charge is -2.25. The number of rotatable bonds is 2. The zero-order valence-corrected chi connectivity index (χ0v) is 8.13. The second-order valence-corrected chi connectivity index (χ2v) is 3.55. The maximum Gasteiger partial charge on any atom is 0.162 e. The summed E-state index contributed by atoms with van der Waals surface area (Å²) >= 11 is 0. The van der Waals surface area contributed by atoms with Crippen molar-refractivity contribution < 1.29 is 10.2 Å². The molecule has 72 valence electrons. The third kappa shape index (κ3) is 1.75. The van der Waals surface area contributed by atoms with Gasteiger partial charge in [0.05, 0.1) is 0 Å². The van der Waals surface area contributed by atoms with Gasteiger partial charge in [0.25, 0.3) is 0 Å². The molecule has 0 aliphatic heterocycles. The first-order valence-electron chi connectivity index (χ1n) is 4.19. The maximum absolute atomic E-state index is 9.57. The van der Waals surface area contributed by atoms with Crippen LogP contribution in [0.25, 0.3) is 0 Å². The molecule has 0 atom stereocenters. The summed E-state index contributed by atoms with van der Waals surface area (Å²) in [6.45, 7) is 3.86. The van der Waals surface area contributed by atoms with Crippen molar-refractivity contribution in [1.29, 1.82) is 0 Å². The average Bonchev–Trinajstić information content (AvgIpc) is 2.09. The van der Waals surface area contributed by atoms with Gasteiger partial charge in [-0.1, -0.05) is 12.1 Å². The molecule has 0 spiro atoms. The minimum atomic E-state index is -0.344. The SMILES string of the molecule is CNC(C)(C)c1cccc(O)c1O. The number of benzene rings is 1. The highest BCUT2D eigenvalue weighted by atomic mass is 16.3. The number of nitrogens with one attached hydrogen (secondary N) is 1. The molecule has 1 rings (SSSR count). The van der Waals surface area contributed by atoms with Crippen molar-refractivity contribution in [2.45, 2.75) is 19.4 Å². The molecule has 3 nitrogen and oxygen atoms in total. The number of para-hydroxylation sites is 1. The van der Waals surface area contributed by atoms with Crippen LogP contribution in [-0.4, -0.2) is 17.3 Å². The summed E-state index contributed by atoms with van der Waals surface area (Å²) in [5, 5.41) is 21.9. The largest absolute Gasteiger partial charge is 0.504 e. The molecule has 0 amide bonds. The number of phenols is 2. The van der Waals surface area contributed by atoms with Gasteiger partial charge in [0.1, 0.15) is 0 Å². The molecule has 0 saturated heterocycles. The molecule has 0 radical (unpaired) electrons. The minimum absolute atomic E-state index is 0.0538. The van der Waals surface area contributed by atoms with E-state index in [9.17, 15) is 10.2 Å². The monoisotopic (exact) mass is 181 g/mol. The van der Waals surface area contributed by atoms with Crippen LogP contribution in [0.3, 0.4) is 0 Å². The van der Waals surface area contributed by atoms with Crippen LogP contribution < -0.4 is 5.32 Å². The lowest BCUT2D eigenvalue weighted by atomic mass is 9.93. The second-order valence-electron chi connectivity index (χ2n) is 3.55. The molecule has 3 N–H and O–H groups in total. The fourth-order valence-corrected chi connectivity index (χ4v) is 1.17. The van der Waals surface area contributed by atoms with Gasteiger partial charge in [0.15, 0.2) is 11.5 Å². The molecule has 3 heteroatoms. The Labute approximate surface area is 78.0 Å². The van der Waals surface area contributed by atoms with E-state index in [4.69, 9.17) is 0 Å². The molecule has 1 aromatic rings. The molecule has 13 heavy (non-hydrogen) atoms. The first-order valence-corrected chi connectivity index (χ1v) is 4.19. The molecule has 0 aromatic heterocycles. The summed E-state index contributed by atoms with van der Waals surface area (Å²) in [6, 6.07) is 4.96. The Balaban J connectivity index is 3.22. The van der Waals surface area contributed by atoms with E-state index in [1.807, 2.05) is 20.9 Å². The first-order chi connectivity index (χ1) is 5.99. The van der Waals surface area contributed by atoms with Gasteiger partial charge in [0.2, 0.25) is 0 Å². The summed E-state index contributed by atoms with van der Waals surface area (Å²) in [5.74, 6) is -0.136. The van der Waals surface area contributed by atoms with Crippen LogP contribution in [0, 0.1) is 0 Å². The summed E-state index contributed by atoms with van der Waals surface area (Å²) in [4.78, 5) is 0. The molecule has 0 unspecified atom stereocenters. The second kappa shape index (κ2) is 3.26. The Morgan fingerprint density at radius 2 is 1.85 bits per heavy atom. The maximum atomic E-state index is 9.57. The molecule has 0 aliphatic rings. The first kappa shape index (κ1) is 9.86. The van der Waals surface area contributed by atoms with E-state index < -0.39 is 0 Å². The van der Waals surface area contributed by atoms with Gasteiger partial charge in [-0.15, -0.1) is 0 Å². The van der Waals surface area contributed by atoms with E-state index in [1.54, 1.807) is 12.1 Å². The van der Waals surface area contributed by atoms with Crippen molar-refractivity contribution in [3.63, 3.8) is 0 Å². The van der Waals surface area contributed by atoms with E-state index in [0.29, 0.717) is 5.56 Å². The van der Waals surface area contributed by atoms with Gasteiger partial charge in [-0.05, 0) is 27.0 Å². The average molecular weight is 181 g/mol. The summed E-state index contributed by atoms with van der Waals surface area (Å²) in [5.41, 5.74) is 0.345. The summed E-state index contributed by atoms with van der Waals surface area (Å²) in [6.07, 6.45) is 0. The van der Waals surface area contributed by atoms with E-state index in [2.05, 4.69) is 5.32 Å². The predicted molar refractivity (Wildman–Crippen MR) is 51.9 cm³/mol. The van der Waals surface area contributed by atoms with Gasteiger partial charge in [-0.3, -0.25) is 0 Å². The topological polar surface area (TPSA) is 52.5 Å². The van der Waals surface area contributed by atoms with Crippen molar-refractivity contribution in [3.05, 3.63) is 23.8 Å². The Kier molecular flexibility index (Phi) is 2.48. The quantitative estimate of drug-likeness (QED) is 0.607.